The maximum absolute atomic E-state index is 13.2. The molecule has 0 radical (unpaired) electrons. The lowest BCUT2D eigenvalue weighted by molar-refractivity contribution is -0.191. The molecule has 0 spiro atoms. The normalized spacial score (nSPS) is 21.3. The van der Waals surface area contributed by atoms with Crippen molar-refractivity contribution in [1.82, 2.24) is 20.4 Å². The molecule has 0 aliphatic carbocycles. The number of β-lactam (4-membered cyclic amide) rings is 1. The van der Waals surface area contributed by atoms with E-state index in [1.54, 1.807) is 54.6 Å². The quantitative estimate of drug-likeness (QED) is 0.455. The van der Waals surface area contributed by atoms with Crippen LogP contribution in [0.25, 0.3) is 0 Å². The minimum absolute atomic E-state index is 0.0672. The van der Waals surface area contributed by atoms with Gasteiger partial charge < -0.3 is 25.4 Å². The second kappa shape index (κ2) is 11.2. The Kier molecular flexibility index (Phi) is 8.01. The van der Waals surface area contributed by atoms with Gasteiger partial charge in [-0.1, -0.05) is 44.2 Å². The summed E-state index contributed by atoms with van der Waals surface area (Å²) in [4.78, 5) is 54.0. The molecule has 3 N–H and O–H groups in total. The Labute approximate surface area is 221 Å². The summed E-state index contributed by atoms with van der Waals surface area (Å²) in [7, 11) is 0. The summed E-state index contributed by atoms with van der Waals surface area (Å²) < 4.78 is 6.16. The van der Waals surface area contributed by atoms with E-state index in [-0.39, 0.29) is 11.9 Å². The SMILES string of the molecule is CCC1(CC)C(=O)N(C(=O)NC(C(=O)O)c2ccccc2)C1Oc1ccc(C(=O)N2CCNCC2C)cc1. The molecule has 202 valence electrons. The minimum Gasteiger partial charge on any atom is -0.479 e. The van der Waals surface area contributed by atoms with Crippen LogP contribution in [0.5, 0.6) is 5.75 Å². The zero-order valence-corrected chi connectivity index (χ0v) is 21.8. The lowest BCUT2D eigenvalue weighted by atomic mass is 9.72. The number of nitrogens with one attached hydrogen (secondary N) is 2. The zero-order chi connectivity index (χ0) is 27.4. The Balaban J connectivity index is 1.52. The lowest BCUT2D eigenvalue weighted by Crippen LogP contribution is -2.73. The molecule has 2 aromatic rings. The summed E-state index contributed by atoms with van der Waals surface area (Å²) in [5, 5.41) is 15.4. The molecular formula is C28H34N4O6. The fourth-order valence-corrected chi connectivity index (χ4v) is 5.14. The summed E-state index contributed by atoms with van der Waals surface area (Å²) in [6, 6.07) is 12.9. The third kappa shape index (κ3) is 4.96. The molecule has 2 saturated heterocycles. The molecule has 0 saturated carbocycles. The van der Waals surface area contributed by atoms with Crippen LogP contribution in [-0.2, 0) is 9.59 Å². The van der Waals surface area contributed by atoms with Gasteiger partial charge >= 0.3 is 12.0 Å². The average Bonchev–Trinajstić information content (AvgIpc) is 2.93. The number of ether oxygens (including phenoxy) is 1. The number of nitrogens with zero attached hydrogens (tertiary/aromatic N) is 2. The van der Waals surface area contributed by atoms with Gasteiger partial charge in [-0.3, -0.25) is 9.59 Å². The van der Waals surface area contributed by atoms with Gasteiger partial charge in [-0.15, -0.1) is 0 Å². The highest BCUT2D eigenvalue weighted by Gasteiger charge is 2.63. The van der Waals surface area contributed by atoms with Crippen molar-refractivity contribution >= 4 is 23.8 Å². The average molecular weight is 523 g/mol. The van der Waals surface area contributed by atoms with Crippen LogP contribution in [0.3, 0.4) is 0 Å². The third-order valence-electron chi connectivity index (χ3n) is 7.59. The van der Waals surface area contributed by atoms with Gasteiger partial charge in [0.15, 0.2) is 12.3 Å². The third-order valence-corrected chi connectivity index (χ3v) is 7.59. The number of hydrogen-bond acceptors (Lipinski definition) is 6. The number of piperazine rings is 1. The van der Waals surface area contributed by atoms with Crippen molar-refractivity contribution in [1.29, 1.82) is 0 Å². The van der Waals surface area contributed by atoms with E-state index in [0.717, 1.165) is 18.0 Å². The lowest BCUT2D eigenvalue weighted by Gasteiger charge is -2.53. The Hall–Kier alpha value is -3.92. The minimum atomic E-state index is -1.33. The highest BCUT2D eigenvalue weighted by atomic mass is 16.5. The first kappa shape index (κ1) is 27.1. The van der Waals surface area contributed by atoms with Gasteiger partial charge in [0.2, 0.25) is 5.91 Å². The predicted molar refractivity (Wildman–Crippen MR) is 139 cm³/mol. The Morgan fingerprint density at radius 3 is 2.34 bits per heavy atom. The molecule has 2 aliphatic rings. The number of carboxylic acid groups (broad SMARTS) is 1. The summed E-state index contributed by atoms with van der Waals surface area (Å²) >= 11 is 0. The van der Waals surface area contributed by atoms with E-state index in [0.29, 0.717) is 36.3 Å². The molecule has 4 rings (SSSR count). The van der Waals surface area contributed by atoms with Crippen LogP contribution in [0.2, 0.25) is 0 Å². The van der Waals surface area contributed by atoms with E-state index >= 15 is 0 Å². The topological polar surface area (TPSA) is 128 Å². The van der Waals surface area contributed by atoms with Crippen molar-refractivity contribution in [2.75, 3.05) is 19.6 Å². The van der Waals surface area contributed by atoms with Crippen LogP contribution in [0.4, 0.5) is 4.79 Å². The number of benzene rings is 2. The van der Waals surface area contributed by atoms with Crippen molar-refractivity contribution in [3.63, 3.8) is 0 Å². The molecule has 0 aromatic heterocycles. The summed E-state index contributed by atoms with van der Waals surface area (Å²) in [6.07, 6.45) is -0.0464. The van der Waals surface area contributed by atoms with Crippen LogP contribution in [0, 0.1) is 5.41 Å². The molecule has 4 amide bonds. The van der Waals surface area contributed by atoms with Crippen molar-refractivity contribution in [3.05, 3.63) is 65.7 Å². The Bertz CT molecular complexity index is 1180. The molecule has 0 bridgehead atoms. The second-order valence-electron chi connectivity index (χ2n) is 9.72. The molecule has 2 fully saturated rings. The van der Waals surface area contributed by atoms with Crippen molar-refractivity contribution in [2.24, 2.45) is 5.41 Å². The van der Waals surface area contributed by atoms with Crippen molar-refractivity contribution < 1.29 is 29.0 Å². The van der Waals surface area contributed by atoms with E-state index in [2.05, 4.69) is 10.6 Å². The number of carbonyl (C=O) groups is 4. The maximum atomic E-state index is 13.2. The number of aliphatic carboxylic acids is 1. The van der Waals surface area contributed by atoms with E-state index in [1.807, 2.05) is 25.7 Å². The zero-order valence-electron chi connectivity index (χ0n) is 21.8. The van der Waals surface area contributed by atoms with Crippen LogP contribution < -0.4 is 15.4 Å². The molecule has 38 heavy (non-hydrogen) atoms. The van der Waals surface area contributed by atoms with E-state index in [4.69, 9.17) is 4.74 Å². The first-order chi connectivity index (χ1) is 18.2. The number of rotatable bonds is 8. The number of carboxylic acids is 1. The summed E-state index contributed by atoms with van der Waals surface area (Å²) in [5.74, 6) is -1.33. The van der Waals surface area contributed by atoms with Crippen LogP contribution in [0.15, 0.2) is 54.6 Å². The number of imide groups is 1. The molecule has 2 aliphatic heterocycles. The summed E-state index contributed by atoms with van der Waals surface area (Å²) in [5.41, 5.74) is -0.0158. The standard InChI is InChI=1S/C28H34N4O6/c1-4-28(5-2)25(36)32(27(37)30-22(24(34)35)19-9-7-6-8-10-19)26(28)38-21-13-11-20(12-14-21)23(33)31-16-15-29-17-18(31)3/h6-14,18,22,26,29H,4-5,15-17H2,1-3H3,(H,30,37)(H,34,35). The molecule has 3 unspecified atom stereocenters. The monoisotopic (exact) mass is 522 g/mol. The first-order valence-electron chi connectivity index (χ1n) is 12.9. The largest absolute Gasteiger partial charge is 0.479 e. The van der Waals surface area contributed by atoms with E-state index < -0.39 is 35.6 Å². The predicted octanol–water partition coefficient (Wildman–Crippen LogP) is 3.01. The van der Waals surface area contributed by atoms with Crippen molar-refractivity contribution in [3.8, 4) is 5.75 Å². The smallest absolute Gasteiger partial charge is 0.330 e. The first-order valence-corrected chi connectivity index (χ1v) is 12.9. The van der Waals surface area contributed by atoms with E-state index in [9.17, 15) is 24.3 Å². The maximum Gasteiger partial charge on any atom is 0.330 e. The number of urea groups is 1. The van der Waals surface area contributed by atoms with Gasteiger partial charge in [0.05, 0.1) is 0 Å². The number of amides is 4. The fraction of sp³-hybridized carbons (Fsp3) is 0.429. The Morgan fingerprint density at radius 1 is 1.11 bits per heavy atom. The molecule has 2 aromatic carbocycles. The highest BCUT2D eigenvalue weighted by molar-refractivity contribution is 6.04. The molecule has 2 heterocycles. The highest BCUT2D eigenvalue weighted by Crippen LogP contribution is 2.46. The molecular weight excluding hydrogens is 488 g/mol. The van der Waals surface area contributed by atoms with Crippen LogP contribution in [0.1, 0.15) is 55.6 Å². The number of likely N-dealkylation sites (tertiary alicyclic amines) is 1. The van der Waals surface area contributed by atoms with Crippen molar-refractivity contribution in [2.45, 2.75) is 51.9 Å². The van der Waals surface area contributed by atoms with Gasteiger partial charge in [0.1, 0.15) is 11.2 Å². The number of carbonyl (C=O) groups excluding carboxylic acids is 3. The van der Waals surface area contributed by atoms with Crippen LogP contribution >= 0.6 is 0 Å². The van der Waals surface area contributed by atoms with E-state index in [1.165, 1.54) is 0 Å². The Morgan fingerprint density at radius 2 is 1.76 bits per heavy atom. The molecule has 3 atom stereocenters. The van der Waals surface area contributed by atoms with Gasteiger partial charge in [-0.05, 0) is 49.6 Å². The van der Waals surface area contributed by atoms with Crippen LogP contribution in [-0.4, -0.2) is 70.6 Å². The summed E-state index contributed by atoms with van der Waals surface area (Å²) in [6.45, 7) is 7.82. The fourth-order valence-electron chi connectivity index (χ4n) is 5.14. The van der Waals surface area contributed by atoms with Gasteiger partial charge in [0, 0.05) is 31.2 Å². The molecule has 10 nitrogen and oxygen atoms in total. The van der Waals surface area contributed by atoms with Gasteiger partial charge in [0.25, 0.3) is 5.91 Å². The van der Waals surface area contributed by atoms with Gasteiger partial charge in [-0.25, -0.2) is 14.5 Å². The molecule has 10 heteroatoms. The van der Waals surface area contributed by atoms with Gasteiger partial charge in [-0.2, -0.15) is 0 Å². The second-order valence-corrected chi connectivity index (χ2v) is 9.72. The number of hydrogen-bond donors (Lipinski definition) is 3.